The van der Waals surface area contributed by atoms with E-state index in [0.29, 0.717) is 43.2 Å². The molecule has 0 spiro atoms. The number of carbonyl (C=O) groups excluding carboxylic acids is 1. The molecule has 2 heterocycles. The molecule has 7 rings (SSSR count). The van der Waals surface area contributed by atoms with E-state index in [1.165, 1.54) is 19.2 Å². The van der Waals surface area contributed by atoms with Crippen LogP contribution in [0.1, 0.15) is 24.1 Å². The van der Waals surface area contributed by atoms with Crippen molar-refractivity contribution < 1.29 is 4.79 Å². The Hall–Kier alpha value is -1.65. The van der Waals surface area contributed by atoms with Crippen LogP contribution in [-0.2, 0) is 17.8 Å². The largest absolute Gasteiger partial charge is 0.336 e. The van der Waals surface area contributed by atoms with Gasteiger partial charge in [-0.2, -0.15) is 0 Å². The fourth-order valence-corrected chi connectivity index (χ4v) is 8.57. The molecular formula is C19H21N3O2. The number of rotatable bonds is 1. The Labute approximate surface area is 139 Å². The monoisotopic (exact) mass is 323 g/mol. The van der Waals surface area contributed by atoms with Gasteiger partial charge in [0.05, 0.1) is 18.6 Å². The van der Waals surface area contributed by atoms with Gasteiger partial charge in [-0.1, -0.05) is 0 Å². The first-order valence-electron chi connectivity index (χ1n) is 9.58. The van der Waals surface area contributed by atoms with Crippen LogP contribution in [0.4, 0.5) is 0 Å². The van der Waals surface area contributed by atoms with Gasteiger partial charge in [0.25, 0.3) is 5.56 Å². The Kier molecular flexibility index (Phi) is 2.00. The number of aromatic amines is 1. The summed E-state index contributed by atoms with van der Waals surface area (Å²) >= 11 is 0. The molecule has 5 fully saturated rings. The molecule has 1 amide bonds. The number of H-pyrrole nitrogens is 1. The number of fused-ring (bicyclic) bond motifs is 3. The second-order valence-electron chi connectivity index (χ2n) is 9.13. The van der Waals surface area contributed by atoms with Crippen LogP contribution in [0.3, 0.4) is 0 Å². The summed E-state index contributed by atoms with van der Waals surface area (Å²) in [5.74, 6) is 7.59. The second kappa shape index (κ2) is 3.78. The third kappa shape index (κ3) is 1.15. The van der Waals surface area contributed by atoms with Gasteiger partial charge in [0, 0.05) is 18.0 Å². The van der Waals surface area contributed by atoms with Crippen LogP contribution < -0.4 is 5.56 Å². The first kappa shape index (κ1) is 12.7. The van der Waals surface area contributed by atoms with E-state index < -0.39 is 0 Å². The van der Waals surface area contributed by atoms with E-state index in [-0.39, 0.29) is 5.56 Å². The van der Waals surface area contributed by atoms with E-state index in [1.807, 2.05) is 4.90 Å². The molecule has 1 N–H and O–H groups in total. The van der Waals surface area contributed by atoms with Crippen molar-refractivity contribution >= 4 is 5.91 Å². The number of nitrogens with zero attached hydrogens (tertiary/aromatic N) is 2. The minimum atomic E-state index is -0.0345. The van der Waals surface area contributed by atoms with E-state index in [1.54, 1.807) is 0 Å². The quantitative estimate of drug-likeness (QED) is 0.840. The minimum absolute atomic E-state index is 0.0345. The first-order valence-corrected chi connectivity index (χ1v) is 9.58. The van der Waals surface area contributed by atoms with Crippen molar-refractivity contribution in [2.45, 2.75) is 25.8 Å². The average Bonchev–Trinajstić information content (AvgIpc) is 3.13. The van der Waals surface area contributed by atoms with Gasteiger partial charge in [0.15, 0.2) is 0 Å². The zero-order valence-corrected chi connectivity index (χ0v) is 13.5. The number of amides is 1. The highest BCUT2D eigenvalue weighted by Gasteiger charge is 2.81. The van der Waals surface area contributed by atoms with Crippen LogP contribution in [0, 0.1) is 53.3 Å². The lowest BCUT2D eigenvalue weighted by Crippen LogP contribution is -2.50. The van der Waals surface area contributed by atoms with Gasteiger partial charge in [-0.05, 0) is 66.6 Å². The highest BCUT2D eigenvalue weighted by atomic mass is 16.2. The van der Waals surface area contributed by atoms with Crippen molar-refractivity contribution in [1.82, 2.24) is 14.9 Å². The molecule has 0 saturated heterocycles. The summed E-state index contributed by atoms with van der Waals surface area (Å²) in [6, 6.07) is 0. The van der Waals surface area contributed by atoms with Gasteiger partial charge < -0.3 is 9.88 Å². The topological polar surface area (TPSA) is 66.1 Å². The van der Waals surface area contributed by atoms with E-state index >= 15 is 0 Å². The molecule has 1 aromatic heterocycles. The normalized spacial score (nSPS) is 51.2. The number of hydrogen-bond acceptors (Lipinski definition) is 3. The Bertz CT molecular complexity index is 841. The molecule has 1 aliphatic heterocycles. The minimum Gasteiger partial charge on any atom is -0.336 e. The molecule has 5 heteroatoms. The lowest BCUT2D eigenvalue weighted by atomic mass is 9.57. The zero-order valence-electron chi connectivity index (χ0n) is 13.5. The summed E-state index contributed by atoms with van der Waals surface area (Å²) in [5.41, 5.74) is 1.55. The van der Waals surface area contributed by atoms with E-state index in [0.717, 1.165) is 46.8 Å². The second-order valence-corrected chi connectivity index (χ2v) is 9.13. The molecule has 2 bridgehead atoms. The van der Waals surface area contributed by atoms with Crippen LogP contribution in [-0.4, -0.2) is 27.3 Å². The van der Waals surface area contributed by atoms with Crippen molar-refractivity contribution in [2.24, 2.45) is 53.3 Å². The van der Waals surface area contributed by atoms with E-state index in [4.69, 9.17) is 0 Å². The van der Waals surface area contributed by atoms with Gasteiger partial charge >= 0.3 is 0 Å². The molecule has 0 aromatic carbocycles. The number of hydrogen-bond donors (Lipinski definition) is 1. The molecule has 9 atom stereocenters. The summed E-state index contributed by atoms with van der Waals surface area (Å²) in [4.78, 5) is 34.3. The molecular weight excluding hydrogens is 302 g/mol. The van der Waals surface area contributed by atoms with Gasteiger partial charge in [0.1, 0.15) is 0 Å². The third-order valence-corrected chi connectivity index (χ3v) is 8.93. The lowest BCUT2D eigenvalue weighted by molar-refractivity contribution is -0.144. The Morgan fingerprint density at radius 3 is 2.75 bits per heavy atom. The Balaban J connectivity index is 1.23. The smallest absolute Gasteiger partial charge is 0.254 e. The first-order chi connectivity index (χ1) is 11.7. The van der Waals surface area contributed by atoms with Crippen LogP contribution in [0.25, 0.3) is 0 Å². The number of aromatic nitrogens is 2. The highest BCUT2D eigenvalue weighted by Crippen LogP contribution is 2.84. The van der Waals surface area contributed by atoms with Crippen molar-refractivity contribution in [1.29, 1.82) is 0 Å². The van der Waals surface area contributed by atoms with E-state index in [2.05, 4.69) is 9.97 Å². The predicted octanol–water partition coefficient (Wildman–Crippen LogP) is 1.05. The fraction of sp³-hybridized carbons (Fsp3) is 0.737. The van der Waals surface area contributed by atoms with Crippen LogP contribution in [0.15, 0.2) is 11.1 Å². The van der Waals surface area contributed by atoms with Crippen molar-refractivity contribution in [3.05, 3.63) is 27.9 Å². The zero-order chi connectivity index (χ0) is 15.7. The molecule has 1 aromatic rings. The van der Waals surface area contributed by atoms with Crippen LogP contribution in [0.5, 0.6) is 0 Å². The average molecular weight is 323 g/mol. The summed E-state index contributed by atoms with van der Waals surface area (Å²) in [7, 11) is 0. The van der Waals surface area contributed by atoms with Gasteiger partial charge in [-0.15, -0.1) is 0 Å². The highest BCUT2D eigenvalue weighted by molar-refractivity contribution is 5.81. The van der Waals surface area contributed by atoms with Gasteiger partial charge in [-0.3, -0.25) is 9.59 Å². The number of carbonyl (C=O) groups is 1. The molecule has 5 aliphatic carbocycles. The van der Waals surface area contributed by atoms with Gasteiger partial charge in [-0.25, -0.2) is 4.98 Å². The lowest BCUT2D eigenvalue weighted by Gasteiger charge is -2.48. The maximum atomic E-state index is 13.4. The standard InChI is InChI=1S/C19H21N3O2/c23-18-7-1-2-22(5-12(7)20-6-21-18)19(24)17-14-9-4-10-13-8(9)3-11(14)15(13)16(10)17/h6,8-11,13-17H,1-5H2,(H,20,21,23). The maximum absolute atomic E-state index is 13.4. The van der Waals surface area contributed by atoms with E-state index in [9.17, 15) is 9.59 Å². The van der Waals surface area contributed by atoms with Gasteiger partial charge in [0.2, 0.25) is 5.91 Å². The third-order valence-electron chi connectivity index (χ3n) is 8.93. The van der Waals surface area contributed by atoms with Crippen molar-refractivity contribution in [3.8, 4) is 0 Å². The molecule has 5 saturated carbocycles. The molecule has 5 nitrogen and oxygen atoms in total. The fourth-order valence-electron chi connectivity index (χ4n) is 8.57. The molecule has 6 aliphatic rings. The summed E-state index contributed by atoms with van der Waals surface area (Å²) in [5, 5.41) is 0. The van der Waals surface area contributed by atoms with Crippen molar-refractivity contribution in [2.75, 3.05) is 6.54 Å². The maximum Gasteiger partial charge on any atom is 0.254 e. The van der Waals surface area contributed by atoms with Crippen LogP contribution >= 0.6 is 0 Å². The predicted molar refractivity (Wildman–Crippen MR) is 84.6 cm³/mol. The molecule has 0 radical (unpaired) electrons. The Morgan fingerprint density at radius 1 is 1.08 bits per heavy atom. The summed E-state index contributed by atoms with van der Waals surface area (Å²) < 4.78 is 0. The molecule has 124 valence electrons. The Morgan fingerprint density at radius 2 is 1.88 bits per heavy atom. The molecule has 9 unspecified atom stereocenters. The summed E-state index contributed by atoms with van der Waals surface area (Å²) in [6.07, 6.45) is 4.98. The number of nitrogens with one attached hydrogen (secondary N) is 1. The van der Waals surface area contributed by atoms with Crippen molar-refractivity contribution in [3.63, 3.8) is 0 Å². The van der Waals surface area contributed by atoms with Crippen LogP contribution in [0.2, 0.25) is 0 Å². The SMILES string of the molecule is O=C(C1C2C3CC4C5C3CC2C5C41)N1CCc2c(nc[nH]c2=O)C1. The molecule has 24 heavy (non-hydrogen) atoms. The summed E-state index contributed by atoms with van der Waals surface area (Å²) in [6.45, 7) is 1.22.